The molecule has 0 aliphatic heterocycles. The zero-order valence-electron chi connectivity index (χ0n) is 15.6. The summed E-state index contributed by atoms with van der Waals surface area (Å²) in [6.07, 6.45) is 1.07. The van der Waals surface area contributed by atoms with E-state index in [9.17, 15) is 4.79 Å². The molecule has 0 aliphatic carbocycles. The number of hydrogen-bond acceptors (Lipinski definition) is 4. The van der Waals surface area contributed by atoms with E-state index in [2.05, 4.69) is 36.3 Å². The molecule has 0 saturated heterocycles. The number of hydrogen-bond donors (Lipinski definition) is 1. The fraction of sp³-hybridized carbons (Fsp3) is 0.273. The van der Waals surface area contributed by atoms with E-state index < -0.39 is 0 Å². The molecular formula is C22H24N2O2S. The summed E-state index contributed by atoms with van der Waals surface area (Å²) in [7, 11) is 0. The number of rotatable bonds is 8. The van der Waals surface area contributed by atoms with Crippen LogP contribution in [0.15, 0.2) is 60.0 Å². The molecule has 0 atom stereocenters. The highest BCUT2D eigenvalue weighted by atomic mass is 32.1. The van der Waals surface area contributed by atoms with Gasteiger partial charge < -0.3 is 10.1 Å². The van der Waals surface area contributed by atoms with Crippen molar-refractivity contribution in [2.75, 3.05) is 11.9 Å². The molecular weight excluding hydrogens is 356 g/mol. The molecule has 1 heterocycles. The van der Waals surface area contributed by atoms with Crippen molar-refractivity contribution in [1.82, 2.24) is 4.98 Å². The second-order valence-electron chi connectivity index (χ2n) is 6.63. The van der Waals surface area contributed by atoms with E-state index in [0.29, 0.717) is 30.5 Å². The summed E-state index contributed by atoms with van der Waals surface area (Å²) in [5.41, 5.74) is 3.22. The lowest BCUT2D eigenvalue weighted by atomic mass is 10.0. The van der Waals surface area contributed by atoms with E-state index in [0.717, 1.165) is 17.0 Å². The summed E-state index contributed by atoms with van der Waals surface area (Å²) in [5.74, 6) is 1.31. The first-order valence-electron chi connectivity index (χ1n) is 9.15. The van der Waals surface area contributed by atoms with Gasteiger partial charge in [-0.25, -0.2) is 4.98 Å². The Morgan fingerprint density at radius 1 is 1.11 bits per heavy atom. The monoisotopic (exact) mass is 380 g/mol. The maximum absolute atomic E-state index is 12.1. The number of aromatic nitrogens is 1. The van der Waals surface area contributed by atoms with Gasteiger partial charge in [-0.3, -0.25) is 4.79 Å². The molecule has 0 spiro atoms. The van der Waals surface area contributed by atoms with Gasteiger partial charge in [-0.2, -0.15) is 0 Å². The quantitative estimate of drug-likeness (QED) is 0.508. The smallest absolute Gasteiger partial charge is 0.226 e. The summed E-state index contributed by atoms with van der Waals surface area (Å²) < 4.78 is 5.71. The van der Waals surface area contributed by atoms with Crippen LogP contribution in [0.4, 0.5) is 5.13 Å². The second-order valence-corrected chi connectivity index (χ2v) is 7.49. The lowest BCUT2D eigenvalue weighted by molar-refractivity contribution is -0.116. The van der Waals surface area contributed by atoms with Crippen molar-refractivity contribution in [3.05, 3.63) is 65.5 Å². The summed E-state index contributed by atoms with van der Waals surface area (Å²) in [4.78, 5) is 16.6. The maximum atomic E-state index is 12.1. The lowest BCUT2D eigenvalue weighted by Crippen LogP contribution is -2.12. The highest BCUT2D eigenvalue weighted by molar-refractivity contribution is 7.14. The van der Waals surface area contributed by atoms with E-state index >= 15 is 0 Å². The summed E-state index contributed by atoms with van der Waals surface area (Å²) in [5, 5.41) is 5.45. The number of anilines is 1. The Kier molecular flexibility index (Phi) is 6.60. The number of nitrogens with zero attached hydrogens (tertiary/aromatic N) is 1. The number of carbonyl (C=O) groups is 1. The van der Waals surface area contributed by atoms with Crippen LogP contribution in [0.1, 0.15) is 38.2 Å². The Morgan fingerprint density at radius 2 is 1.85 bits per heavy atom. The minimum Gasteiger partial charge on any atom is -0.494 e. The van der Waals surface area contributed by atoms with E-state index in [1.165, 1.54) is 16.9 Å². The third-order valence-corrected chi connectivity index (χ3v) is 4.94. The van der Waals surface area contributed by atoms with Gasteiger partial charge in [-0.1, -0.05) is 56.3 Å². The zero-order chi connectivity index (χ0) is 19.1. The van der Waals surface area contributed by atoms with Crippen molar-refractivity contribution < 1.29 is 9.53 Å². The van der Waals surface area contributed by atoms with E-state index in [4.69, 9.17) is 4.74 Å². The molecule has 27 heavy (non-hydrogen) atoms. The Balaban J connectivity index is 1.40. The zero-order valence-corrected chi connectivity index (χ0v) is 16.5. The molecule has 0 fully saturated rings. The standard InChI is InChI=1S/C22H24N2O2S/c1-16(2)17-10-12-19(13-11-17)26-14-6-9-21(25)24-22-23-20(15-27-22)18-7-4-3-5-8-18/h3-5,7-8,10-13,15-16H,6,9,14H2,1-2H3,(H,23,24,25). The molecule has 0 aliphatic rings. The number of carbonyl (C=O) groups excluding carboxylic acids is 1. The van der Waals surface area contributed by atoms with Gasteiger partial charge >= 0.3 is 0 Å². The molecule has 140 valence electrons. The highest BCUT2D eigenvalue weighted by Crippen LogP contribution is 2.24. The molecule has 2 aromatic carbocycles. The van der Waals surface area contributed by atoms with Crippen molar-refractivity contribution in [1.29, 1.82) is 0 Å². The third-order valence-electron chi connectivity index (χ3n) is 4.18. The van der Waals surface area contributed by atoms with Crippen LogP contribution in [0.3, 0.4) is 0 Å². The van der Waals surface area contributed by atoms with Crippen LogP contribution in [-0.4, -0.2) is 17.5 Å². The van der Waals surface area contributed by atoms with Crippen molar-refractivity contribution >= 4 is 22.4 Å². The molecule has 1 N–H and O–H groups in total. The van der Waals surface area contributed by atoms with Gasteiger partial charge in [-0.15, -0.1) is 11.3 Å². The fourth-order valence-electron chi connectivity index (χ4n) is 2.63. The van der Waals surface area contributed by atoms with E-state index in [-0.39, 0.29) is 5.91 Å². The molecule has 4 nitrogen and oxygen atoms in total. The SMILES string of the molecule is CC(C)c1ccc(OCCCC(=O)Nc2nc(-c3ccccc3)cs2)cc1. The largest absolute Gasteiger partial charge is 0.494 e. The van der Waals surface area contributed by atoms with Crippen LogP contribution in [0, 0.1) is 0 Å². The minimum absolute atomic E-state index is 0.0392. The molecule has 0 radical (unpaired) electrons. The van der Waals surface area contributed by atoms with Gasteiger partial charge in [0.05, 0.1) is 12.3 Å². The highest BCUT2D eigenvalue weighted by Gasteiger charge is 2.08. The molecule has 1 aromatic heterocycles. The predicted molar refractivity (Wildman–Crippen MR) is 111 cm³/mol. The minimum atomic E-state index is -0.0392. The average molecular weight is 381 g/mol. The number of nitrogens with one attached hydrogen (secondary N) is 1. The van der Waals surface area contributed by atoms with Crippen LogP contribution in [0.5, 0.6) is 5.75 Å². The molecule has 3 rings (SSSR count). The second kappa shape index (κ2) is 9.33. The average Bonchev–Trinajstić information content (AvgIpc) is 3.15. The van der Waals surface area contributed by atoms with Crippen LogP contribution in [-0.2, 0) is 4.79 Å². The van der Waals surface area contributed by atoms with Gasteiger partial charge in [0.25, 0.3) is 0 Å². The van der Waals surface area contributed by atoms with Crippen molar-refractivity contribution in [3.8, 4) is 17.0 Å². The topological polar surface area (TPSA) is 51.2 Å². The Morgan fingerprint density at radius 3 is 2.56 bits per heavy atom. The first-order chi connectivity index (χ1) is 13.1. The molecule has 1 amide bonds. The molecule has 0 saturated carbocycles. The number of benzene rings is 2. The number of amides is 1. The Bertz CT molecular complexity index is 858. The van der Waals surface area contributed by atoms with Crippen LogP contribution in [0.2, 0.25) is 0 Å². The summed E-state index contributed by atoms with van der Waals surface area (Å²) >= 11 is 1.44. The lowest BCUT2D eigenvalue weighted by Gasteiger charge is -2.08. The fourth-order valence-corrected chi connectivity index (χ4v) is 3.36. The van der Waals surface area contributed by atoms with Crippen LogP contribution < -0.4 is 10.1 Å². The first-order valence-corrected chi connectivity index (χ1v) is 10.0. The molecule has 0 bridgehead atoms. The van der Waals surface area contributed by atoms with Gasteiger partial charge in [0.15, 0.2) is 5.13 Å². The van der Waals surface area contributed by atoms with Crippen molar-refractivity contribution in [2.45, 2.75) is 32.6 Å². The van der Waals surface area contributed by atoms with Gasteiger partial charge in [0.2, 0.25) is 5.91 Å². The van der Waals surface area contributed by atoms with E-state index in [1.54, 1.807) is 0 Å². The van der Waals surface area contributed by atoms with Crippen molar-refractivity contribution in [2.24, 2.45) is 0 Å². The van der Waals surface area contributed by atoms with Gasteiger partial charge in [0, 0.05) is 17.4 Å². The first kappa shape index (κ1) is 19.1. The van der Waals surface area contributed by atoms with Crippen molar-refractivity contribution in [3.63, 3.8) is 0 Å². The summed E-state index contributed by atoms with van der Waals surface area (Å²) in [6, 6.07) is 18.1. The number of thiazole rings is 1. The Hall–Kier alpha value is -2.66. The Labute approximate surface area is 164 Å². The molecule has 0 unspecified atom stereocenters. The third kappa shape index (κ3) is 5.66. The normalized spacial score (nSPS) is 10.8. The van der Waals surface area contributed by atoms with Gasteiger partial charge in [-0.05, 0) is 30.0 Å². The van der Waals surface area contributed by atoms with Crippen LogP contribution >= 0.6 is 11.3 Å². The predicted octanol–water partition coefficient (Wildman–Crippen LogP) is 5.73. The van der Waals surface area contributed by atoms with E-state index in [1.807, 2.05) is 47.8 Å². The van der Waals surface area contributed by atoms with Crippen LogP contribution in [0.25, 0.3) is 11.3 Å². The molecule has 3 aromatic rings. The van der Waals surface area contributed by atoms with Gasteiger partial charge in [0.1, 0.15) is 5.75 Å². The number of ether oxygens (including phenoxy) is 1. The molecule has 5 heteroatoms. The summed E-state index contributed by atoms with van der Waals surface area (Å²) in [6.45, 7) is 4.85. The maximum Gasteiger partial charge on any atom is 0.226 e.